The van der Waals surface area contributed by atoms with Gasteiger partial charge in [0.1, 0.15) is 0 Å². The molecule has 106 valence electrons. The highest BCUT2D eigenvalue weighted by Gasteiger charge is 2.34. The van der Waals surface area contributed by atoms with Crippen LogP contribution in [0.3, 0.4) is 0 Å². The summed E-state index contributed by atoms with van der Waals surface area (Å²) in [5.74, 6) is 1.26. The van der Waals surface area contributed by atoms with E-state index in [1.165, 1.54) is 11.1 Å². The molecule has 1 saturated heterocycles. The maximum atomic E-state index is 11.7. The number of sulfone groups is 1. The van der Waals surface area contributed by atoms with E-state index in [1.54, 1.807) is 0 Å². The van der Waals surface area contributed by atoms with Gasteiger partial charge in [0.25, 0.3) is 0 Å². The molecule has 2 rings (SSSR count). The molecule has 0 radical (unpaired) electrons. The fraction of sp³-hybridized carbons (Fsp3) is 0.600. The van der Waals surface area contributed by atoms with E-state index in [9.17, 15) is 8.42 Å². The van der Waals surface area contributed by atoms with E-state index in [4.69, 9.17) is 0 Å². The van der Waals surface area contributed by atoms with Crippen LogP contribution in [0.4, 0.5) is 0 Å². The lowest BCUT2D eigenvalue weighted by Gasteiger charge is -2.25. The minimum Gasteiger partial charge on any atom is -0.316 e. The van der Waals surface area contributed by atoms with Gasteiger partial charge in [-0.3, -0.25) is 0 Å². The zero-order valence-corrected chi connectivity index (χ0v) is 12.5. The van der Waals surface area contributed by atoms with Gasteiger partial charge in [-0.25, -0.2) is 8.42 Å². The molecule has 1 fully saturated rings. The quantitative estimate of drug-likeness (QED) is 0.899. The predicted molar refractivity (Wildman–Crippen MR) is 79.2 cm³/mol. The number of hydrogen-bond acceptors (Lipinski definition) is 3. The molecule has 19 heavy (non-hydrogen) atoms. The van der Waals surface area contributed by atoms with Gasteiger partial charge in [-0.1, -0.05) is 31.2 Å². The van der Waals surface area contributed by atoms with E-state index < -0.39 is 9.84 Å². The molecule has 1 aliphatic rings. The number of aryl methyl sites for hydroxylation is 1. The van der Waals surface area contributed by atoms with Crippen molar-refractivity contribution in [1.82, 2.24) is 5.32 Å². The summed E-state index contributed by atoms with van der Waals surface area (Å²) in [4.78, 5) is 0. The summed E-state index contributed by atoms with van der Waals surface area (Å²) < 4.78 is 23.4. The SMILES string of the molecule is CCNCC(c1ccccc1C)C1CCS(=O)(=O)C1. The second kappa shape index (κ2) is 6.06. The number of hydrogen-bond donors (Lipinski definition) is 1. The largest absolute Gasteiger partial charge is 0.316 e. The Labute approximate surface area is 116 Å². The van der Waals surface area contributed by atoms with Crippen molar-refractivity contribution in [1.29, 1.82) is 0 Å². The standard InChI is InChI=1S/C15H23NO2S/c1-3-16-10-15(13-8-9-19(17,18)11-13)14-7-5-4-6-12(14)2/h4-7,13,15-16H,3,8-11H2,1-2H3. The third-order valence-electron chi connectivity index (χ3n) is 4.04. The van der Waals surface area contributed by atoms with Crippen LogP contribution in [-0.4, -0.2) is 33.0 Å². The van der Waals surface area contributed by atoms with Crippen molar-refractivity contribution in [3.05, 3.63) is 35.4 Å². The third-order valence-corrected chi connectivity index (χ3v) is 5.83. The Hall–Kier alpha value is -0.870. The van der Waals surface area contributed by atoms with E-state index in [0.717, 1.165) is 19.5 Å². The molecular formula is C15H23NO2S. The summed E-state index contributed by atoms with van der Waals surface area (Å²) >= 11 is 0. The number of likely N-dealkylation sites (N-methyl/N-ethyl adjacent to an activating group) is 1. The van der Waals surface area contributed by atoms with Crippen molar-refractivity contribution in [2.24, 2.45) is 5.92 Å². The van der Waals surface area contributed by atoms with E-state index in [1.807, 2.05) is 12.1 Å². The monoisotopic (exact) mass is 281 g/mol. The average molecular weight is 281 g/mol. The van der Waals surface area contributed by atoms with Gasteiger partial charge in [0, 0.05) is 12.5 Å². The summed E-state index contributed by atoms with van der Waals surface area (Å²) in [7, 11) is -2.81. The smallest absolute Gasteiger partial charge is 0.150 e. The Kier molecular flexibility index (Phi) is 4.63. The van der Waals surface area contributed by atoms with Crippen LogP contribution >= 0.6 is 0 Å². The molecule has 0 saturated carbocycles. The van der Waals surface area contributed by atoms with Gasteiger partial charge in [0.15, 0.2) is 9.84 Å². The van der Waals surface area contributed by atoms with Crippen molar-refractivity contribution >= 4 is 9.84 Å². The molecule has 1 aliphatic heterocycles. The first-order valence-electron chi connectivity index (χ1n) is 7.00. The summed E-state index contributed by atoms with van der Waals surface area (Å²) in [6, 6.07) is 8.33. The summed E-state index contributed by atoms with van der Waals surface area (Å²) in [5, 5.41) is 3.38. The fourth-order valence-corrected chi connectivity index (χ4v) is 4.85. The first-order chi connectivity index (χ1) is 9.03. The van der Waals surface area contributed by atoms with Crippen LogP contribution in [0.1, 0.15) is 30.4 Å². The first kappa shape index (κ1) is 14.5. The highest BCUT2D eigenvalue weighted by molar-refractivity contribution is 7.91. The molecule has 1 N–H and O–H groups in total. The minimum absolute atomic E-state index is 0.255. The first-order valence-corrected chi connectivity index (χ1v) is 8.82. The lowest BCUT2D eigenvalue weighted by atomic mass is 9.83. The van der Waals surface area contributed by atoms with Crippen LogP contribution < -0.4 is 5.32 Å². The van der Waals surface area contributed by atoms with Crippen LogP contribution in [0.25, 0.3) is 0 Å². The van der Waals surface area contributed by atoms with E-state index in [0.29, 0.717) is 17.4 Å². The van der Waals surface area contributed by atoms with Gasteiger partial charge < -0.3 is 5.32 Å². The lowest BCUT2D eigenvalue weighted by Crippen LogP contribution is -2.27. The van der Waals surface area contributed by atoms with Crippen LogP contribution in [0.15, 0.2) is 24.3 Å². The van der Waals surface area contributed by atoms with Crippen molar-refractivity contribution in [3.63, 3.8) is 0 Å². The normalized spacial score (nSPS) is 23.4. The molecule has 0 amide bonds. The molecule has 0 aliphatic carbocycles. The highest BCUT2D eigenvalue weighted by Crippen LogP contribution is 2.34. The molecule has 0 aromatic heterocycles. The van der Waals surface area contributed by atoms with Crippen LogP contribution in [0.5, 0.6) is 0 Å². The average Bonchev–Trinajstić information content (AvgIpc) is 2.72. The Morgan fingerprint density at radius 1 is 1.37 bits per heavy atom. The van der Waals surface area contributed by atoms with E-state index in [2.05, 4.69) is 31.3 Å². The number of nitrogens with one attached hydrogen (secondary N) is 1. The Bertz CT molecular complexity index is 525. The van der Waals surface area contributed by atoms with Gasteiger partial charge in [0.2, 0.25) is 0 Å². The Morgan fingerprint density at radius 2 is 2.11 bits per heavy atom. The zero-order valence-electron chi connectivity index (χ0n) is 11.7. The summed E-state index contributed by atoms with van der Waals surface area (Å²) in [5.41, 5.74) is 2.56. The topological polar surface area (TPSA) is 46.2 Å². The molecule has 0 bridgehead atoms. The second-order valence-corrected chi connectivity index (χ2v) is 7.66. The van der Waals surface area contributed by atoms with E-state index >= 15 is 0 Å². The van der Waals surface area contributed by atoms with Crippen molar-refractivity contribution in [3.8, 4) is 0 Å². The van der Waals surface area contributed by atoms with Gasteiger partial charge in [-0.2, -0.15) is 0 Å². The molecule has 0 spiro atoms. The van der Waals surface area contributed by atoms with Crippen molar-refractivity contribution < 1.29 is 8.42 Å². The molecular weight excluding hydrogens is 258 g/mol. The molecule has 4 heteroatoms. The second-order valence-electron chi connectivity index (χ2n) is 5.43. The zero-order chi connectivity index (χ0) is 13.9. The molecule has 1 heterocycles. The summed E-state index contributed by atoms with van der Waals surface area (Å²) in [6.07, 6.45) is 0.798. The highest BCUT2D eigenvalue weighted by atomic mass is 32.2. The van der Waals surface area contributed by atoms with Gasteiger partial charge in [-0.05, 0) is 36.9 Å². The van der Waals surface area contributed by atoms with Crippen LogP contribution in [-0.2, 0) is 9.84 Å². The number of benzene rings is 1. The fourth-order valence-electron chi connectivity index (χ4n) is 2.97. The van der Waals surface area contributed by atoms with Gasteiger partial charge in [-0.15, -0.1) is 0 Å². The van der Waals surface area contributed by atoms with Gasteiger partial charge >= 0.3 is 0 Å². The lowest BCUT2D eigenvalue weighted by molar-refractivity contribution is 0.441. The molecule has 3 nitrogen and oxygen atoms in total. The minimum atomic E-state index is -2.81. The van der Waals surface area contributed by atoms with Crippen molar-refractivity contribution in [2.45, 2.75) is 26.2 Å². The van der Waals surface area contributed by atoms with Crippen LogP contribution in [0.2, 0.25) is 0 Å². The third kappa shape index (κ3) is 3.57. The Morgan fingerprint density at radius 3 is 2.68 bits per heavy atom. The maximum absolute atomic E-state index is 11.7. The summed E-state index contributed by atoms with van der Waals surface area (Å²) in [6.45, 7) is 5.97. The molecule has 2 atom stereocenters. The molecule has 1 aromatic carbocycles. The molecule has 1 aromatic rings. The maximum Gasteiger partial charge on any atom is 0.150 e. The molecule has 2 unspecified atom stereocenters. The van der Waals surface area contributed by atoms with Gasteiger partial charge in [0.05, 0.1) is 11.5 Å². The predicted octanol–water partition coefficient (Wildman–Crippen LogP) is 2.12. The number of rotatable bonds is 5. The van der Waals surface area contributed by atoms with Crippen molar-refractivity contribution in [2.75, 3.05) is 24.6 Å². The van der Waals surface area contributed by atoms with E-state index in [-0.39, 0.29) is 5.92 Å². The van der Waals surface area contributed by atoms with Crippen LogP contribution in [0, 0.1) is 12.8 Å². The Balaban J connectivity index is 2.24.